The standard InChI is InChI=1S/C16H25NO/c1-12-10-14-11-13(4-5-15(14)18-12)6-7-16(2,3)8-9-17/h4-5,11-12H,6-10,17H2,1-3H3. The van der Waals surface area contributed by atoms with Crippen molar-refractivity contribution in [1.82, 2.24) is 0 Å². The average molecular weight is 247 g/mol. The van der Waals surface area contributed by atoms with Gasteiger partial charge in [0, 0.05) is 6.42 Å². The molecule has 0 spiro atoms. The van der Waals surface area contributed by atoms with Gasteiger partial charge in [0.2, 0.25) is 0 Å². The van der Waals surface area contributed by atoms with Gasteiger partial charge in [0.15, 0.2) is 0 Å². The van der Waals surface area contributed by atoms with Crippen molar-refractivity contribution in [1.29, 1.82) is 0 Å². The predicted octanol–water partition coefficient (Wildman–Crippen LogP) is 3.32. The SMILES string of the molecule is CC1Cc2cc(CCC(C)(C)CCN)ccc2O1. The number of fused-ring (bicyclic) bond motifs is 1. The first-order valence-electron chi connectivity index (χ1n) is 6.99. The zero-order valence-electron chi connectivity index (χ0n) is 11.8. The van der Waals surface area contributed by atoms with Crippen LogP contribution in [0.25, 0.3) is 0 Å². The molecule has 0 saturated heterocycles. The molecule has 2 heteroatoms. The van der Waals surface area contributed by atoms with E-state index >= 15 is 0 Å². The number of hydrogen-bond donors (Lipinski definition) is 1. The molecule has 2 rings (SSSR count). The zero-order valence-corrected chi connectivity index (χ0v) is 11.8. The summed E-state index contributed by atoms with van der Waals surface area (Å²) in [6, 6.07) is 6.65. The van der Waals surface area contributed by atoms with E-state index < -0.39 is 0 Å². The molecule has 0 amide bonds. The normalized spacial score (nSPS) is 18.6. The summed E-state index contributed by atoms with van der Waals surface area (Å²) < 4.78 is 5.73. The Morgan fingerprint density at radius 3 is 2.83 bits per heavy atom. The van der Waals surface area contributed by atoms with Gasteiger partial charge >= 0.3 is 0 Å². The highest BCUT2D eigenvalue weighted by Gasteiger charge is 2.20. The molecule has 0 bridgehead atoms. The molecule has 18 heavy (non-hydrogen) atoms. The zero-order chi connectivity index (χ0) is 13.2. The molecule has 0 aromatic heterocycles. The van der Waals surface area contributed by atoms with Crippen LogP contribution < -0.4 is 10.5 Å². The quantitative estimate of drug-likeness (QED) is 0.866. The third kappa shape index (κ3) is 3.26. The van der Waals surface area contributed by atoms with Crippen LogP contribution in [-0.2, 0) is 12.8 Å². The number of nitrogens with two attached hydrogens (primary N) is 1. The Morgan fingerprint density at radius 1 is 1.33 bits per heavy atom. The van der Waals surface area contributed by atoms with Crippen molar-refractivity contribution in [3.8, 4) is 5.75 Å². The summed E-state index contributed by atoms with van der Waals surface area (Å²) >= 11 is 0. The van der Waals surface area contributed by atoms with Crippen molar-refractivity contribution < 1.29 is 4.74 Å². The van der Waals surface area contributed by atoms with E-state index in [4.69, 9.17) is 10.5 Å². The summed E-state index contributed by atoms with van der Waals surface area (Å²) in [7, 11) is 0. The van der Waals surface area contributed by atoms with Gasteiger partial charge in [0.1, 0.15) is 11.9 Å². The fourth-order valence-electron chi connectivity index (χ4n) is 2.63. The second-order valence-electron chi connectivity index (χ2n) is 6.28. The van der Waals surface area contributed by atoms with Gasteiger partial charge in [0.25, 0.3) is 0 Å². The molecule has 0 fully saturated rings. The van der Waals surface area contributed by atoms with Crippen LogP contribution in [0.1, 0.15) is 44.7 Å². The maximum atomic E-state index is 5.73. The Morgan fingerprint density at radius 2 is 2.11 bits per heavy atom. The smallest absolute Gasteiger partial charge is 0.123 e. The van der Waals surface area contributed by atoms with Gasteiger partial charge in [-0.1, -0.05) is 26.0 Å². The maximum absolute atomic E-state index is 5.73. The Balaban J connectivity index is 1.97. The predicted molar refractivity (Wildman–Crippen MR) is 76.0 cm³/mol. The fraction of sp³-hybridized carbons (Fsp3) is 0.625. The lowest BCUT2D eigenvalue weighted by Gasteiger charge is -2.23. The highest BCUT2D eigenvalue weighted by molar-refractivity contribution is 5.40. The third-order valence-electron chi connectivity index (χ3n) is 3.87. The molecule has 0 aliphatic carbocycles. The summed E-state index contributed by atoms with van der Waals surface area (Å²) in [5.41, 5.74) is 8.80. The van der Waals surface area contributed by atoms with Crippen molar-refractivity contribution >= 4 is 0 Å². The van der Waals surface area contributed by atoms with Crippen LogP contribution in [-0.4, -0.2) is 12.6 Å². The largest absolute Gasteiger partial charge is 0.490 e. The Bertz CT molecular complexity index is 412. The summed E-state index contributed by atoms with van der Waals surface area (Å²) in [6.45, 7) is 7.52. The summed E-state index contributed by atoms with van der Waals surface area (Å²) in [5.74, 6) is 1.08. The first-order valence-corrected chi connectivity index (χ1v) is 6.99. The van der Waals surface area contributed by atoms with Crippen LogP contribution in [0.3, 0.4) is 0 Å². The van der Waals surface area contributed by atoms with Gasteiger partial charge in [-0.05, 0) is 55.3 Å². The van der Waals surface area contributed by atoms with Crippen LogP contribution in [0.4, 0.5) is 0 Å². The van der Waals surface area contributed by atoms with Crippen molar-refractivity contribution in [3.63, 3.8) is 0 Å². The lowest BCUT2D eigenvalue weighted by Crippen LogP contribution is -2.17. The highest BCUT2D eigenvalue weighted by atomic mass is 16.5. The monoisotopic (exact) mass is 247 g/mol. The second-order valence-corrected chi connectivity index (χ2v) is 6.28. The van der Waals surface area contributed by atoms with E-state index in [1.54, 1.807) is 0 Å². The second kappa shape index (κ2) is 5.31. The average Bonchev–Trinajstić information content (AvgIpc) is 2.65. The van der Waals surface area contributed by atoms with Crippen LogP contribution in [0.5, 0.6) is 5.75 Å². The molecule has 2 nitrogen and oxygen atoms in total. The van der Waals surface area contributed by atoms with E-state index in [0.29, 0.717) is 11.5 Å². The molecular weight excluding hydrogens is 222 g/mol. The highest BCUT2D eigenvalue weighted by Crippen LogP contribution is 2.31. The molecule has 1 heterocycles. The van der Waals surface area contributed by atoms with Crippen molar-refractivity contribution in [3.05, 3.63) is 29.3 Å². The number of ether oxygens (including phenoxy) is 1. The molecule has 0 radical (unpaired) electrons. The van der Waals surface area contributed by atoms with E-state index in [9.17, 15) is 0 Å². The van der Waals surface area contributed by atoms with Gasteiger partial charge in [0.05, 0.1) is 0 Å². The summed E-state index contributed by atoms with van der Waals surface area (Å²) in [5, 5.41) is 0. The minimum atomic E-state index is 0.337. The third-order valence-corrected chi connectivity index (χ3v) is 3.87. The molecule has 1 aliphatic rings. The lowest BCUT2D eigenvalue weighted by atomic mass is 9.83. The lowest BCUT2D eigenvalue weighted by molar-refractivity contribution is 0.254. The van der Waals surface area contributed by atoms with E-state index in [1.165, 1.54) is 17.5 Å². The van der Waals surface area contributed by atoms with Crippen molar-refractivity contribution in [2.24, 2.45) is 11.1 Å². The molecule has 1 aliphatic heterocycles. The number of hydrogen-bond acceptors (Lipinski definition) is 2. The van der Waals surface area contributed by atoms with Gasteiger partial charge in [-0.15, -0.1) is 0 Å². The van der Waals surface area contributed by atoms with Crippen molar-refractivity contribution in [2.75, 3.05) is 6.54 Å². The number of rotatable bonds is 5. The van der Waals surface area contributed by atoms with E-state index in [2.05, 4.69) is 39.0 Å². The number of aryl methyl sites for hydroxylation is 1. The molecule has 0 saturated carbocycles. The molecular formula is C16H25NO. The van der Waals surface area contributed by atoms with Gasteiger partial charge in [-0.25, -0.2) is 0 Å². The molecule has 1 unspecified atom stereocenters. The molecule has 100 valence electrons. The Labute approximate surface area is 111 Å². The van der Waals surface area contributed by atoms with E-state index in [-0.39, 0.29) is 0 Å². The fourth-order valence-corrected chi connectivity index (χ4v) is 2.63. The van der Waals surface area contributed by atoms with Crippen LogP contribution in [0, 0.1) is 5.41 Å². The number of benzene rings is 1. The summed E-state index contributed by atoms with van der Waals surface area (Å²) in [4.78, 5) is 0. The van der Waals surface area contributed by atoms with Gasteiger partial charge < -0.3 is 10.5 Å². The Kier molecular flexibility index (Phi) is 3.96. The van der Waals surface area contributed by atoms with E-state index in [1.807, 2.05) is 0 Å². The molecule has 1 atom stereocenters. The minimum absolute atomic E-state index is 0.337. The first-order chi connectivity index (χ1) is 8.50. The van der Waals surface area contributed by atoms with Gasteiger partial charge in [-0.3, -0.25) is 0 Å². The van der Waals surface area contributed by atoms with Crippen LogP contribution >= 0.6 is 0 Å². The van der Waals surface area contributed by atoms with Crippen LogP contribution in [0.15, 0.2) is 18.2 Å². The molecule has 1 aromatic rings. The summed E-state index contributed by atoms with van der Waals surface area (Å²) in [6.07, 6.45) is 4.81. The van der Waals surface area contributed by atoms with Gasteiger partial charge in [-0.2, -0.15) is 0 Å². The van der Waals surface area contributed by atoms with Crippen LogP contribution in [0.2, 0.25) is 0 Å². The Hall–Kier alpha value is -1.02. The maximum Gasteiger partial charge on any atom is 0.123 e. The minimum Gasteiger partial charge on any atom is -0.490 e. The van der Waals surface area contributed by atoms with E-state index in [0.717, 1.165) is 31.6 Å². The topological polar surface area (TPSA) is 35.2 Å². The first kappa shape index (κ1) is 13.4. The molecule has 1 aromatic carbocycles. The molecule has 2 N–H and O–H groups in total. The van der Waals surface area contributed by atoms with Crippen molar-refractivity contribution in [2.45, 2.75) is 52.6 Å².